The lowest BCUT2D eigenvalue weighted by Crippen LogP contribution is -2.51. The predicted molar refractivity (Wildman–Crippen MR) is 112 cm³/mol. The Labute approximate surface area is 179 Å². The monoisotopic (exact) mass is 428 g/mol. The minimum absolute atomic E-state index is 0.182. The third kappa shape index (κ3) is 3.60. The maximum Gasteiger partial charge on any atom is 0.237 e. The van der Waals surface area contributed by atoms with E-state index in [1.165, 1.54) is 6.07 Å². The van der Waals surface area contributed by atoms with E-state index >= 15 is 0 Å². The Balaban J connectivity index is 1.45. The van der Waals surface area contributed by atoms with Crippen LogP contribution in [0.2, 0.25) is 5.02 Å². The van der Waals surface area contributed by atoms with E-state index in [0.717, 1.165) is 5.56 Å². The number of benzene rings is 2. The number of halogens is 2. The van der Waals surface area contributed by atoms with Crippen LogP contribution in [0.4, 0.5) is 10.1 Å². The molecule has 1 aliphatic heterocycles. The minimum Gasteiger partial charge on any atom is -0.326 e. The number of carbonyl (C=O) groups excluding carboxylic acids is 3. The molecular weight excluding hydrogens is 407 g/mol. The zero-order chi connectivity index (χ0) is 21.5. The molecule has 1 saturated heterocycles. The summed E-state index contributed by atoms with van der Waals surface area (Å²) in [5.74, 6) is -1.64. The maximum absolute atomic E-state index is 14.1. The minimum atomic E-state index is -0.736. The van der Waals surface area contributed by atoms with E-state index in [2.05, 4.69) is 10.6 Å². The third-order valence-electron chi connectivity index (χ3n) is 6.27. The second kappa shape index (κ2) is 7.84. The first kappa shape index (κ1) is 20.5. The van der Waals surface area contributed by atoms with Gasteiger partial charge in [-0.15, -0.1) is 0 Å². The lowest BCUT2D eigenvalue weighted by molar-refractivity contribution is -0.138. The molecular formula is C23H22ClFN2O3. The van der Waals surface area contributed by atoms with Gasteiger partial charge >= 0.3 is 0 Å². The molecule has 4 rings (SSSR count). The molecule has 3 atom stereocenters. The van der Waals surface area contributed by atoms with Crippen LogP contribution in [-0.2, 0) is 19.8 Å². The zero-order valence-corrected chi connectivity index (χ0v) is 17.3. The molecule has 3 amide bonds. The lowest BCUT2D eigenvalue weighted by Gasteiger charge is -2.35. The van der Waals surface area contributed by atoms with Gasteiger partial charge in [-0.05, 0) is 49.1 Å². The Morgan fingerprint density at radius 2 is 1.97 bits per heavy atom. The fourth-order valence-electron chi connectivity index (χ4n) is 4.34. The van der Waals surface area contributed by atoms with Crippen molar-refractivity contribution in [2.75, 3.05) is 5.32 Å². The fourth-order valence-corrected chi connectivity index (χ4v) is 4.65. The number of amides is 3. The van der Waals surface area contributed by atoms with Gasteiger partial charge in [-0.1, -0.05) is 36.7 Å². The van der Waals surface area contributed by atoms with Crippen LogP contribution in [0.5, 0.6) is 0 Å². The number of hydrogen-bond acceptors (Lipinski definition) is 3. The van der Waals surface area contributed by atoms with E-state index in [1.54, 1.807) is 24.3 Å². The average molecular weight is 429 g/mol. The second-order valence-corrected chi connectivity index (χ2v) is 8.37. The van der Waals surface area contributed by atoms with Crippen LogP contribution in [0.3, 0.4) is 0 Å². The maximum atomic E-state index is 14.1. The van der Waals surface area contributed by atoms with Gasteiger partial charge in [-0.25, -0.2) is 4.39 Å². The normalized spacial score (nSPS) is 25.6. The molecule has 0 aromatic heterocycles. The summed E-state index contributed by atoms with van der Waals surface area (Å²) in [6, 6.07) is 11.7. The van der Waals surface area contributed by atoms with Crippen LogP contribution in [0.15, 0.2) is 42.5 Å². The van der Waals surface area contributed by atoms with E-state index in [1.807, 2.05) is 19.1 Å². The Bertz CT molecular complexity index is 1000. The number of carbonyl (C=O) groups is 3. The van der Waals surface area contributed by atoms with Gasteiger partial charge in [0.25, 0.3) is 0 Å². The van der Waals surface area contributed by atoms with Crippen LogP contribution in [0.1, 0.15) is 49.7 Å². The number of anilines is 1. The standard InChI is InChI=1S/C23H22ClFN2O3/c1-2-23(11-10-19(28)27-22(23)30)13-6-8-14(9-7-13)26-21(29)16-12-15(16)20-17(24)4-3-5-18(20)25/h3-9,15-16H,2,10-12H2,1H3,(H,26,29)(H,27,28,30). The van der Waals surface area contributed by atoms with Gasteiger partial charge in [0.1, 0.15) is 5.82 Å². The highest BCUT2D eigenvalue weighted by Gasteiger charge is 2.46. The van der Waals surface area contributed by atoms with Crippen molar-refractivity contribution in [1.82, 2.24) is 5.32 Å². The van der Waals surface area contributed by atoms with Gasteiger partial charge in [0.2, 0.25) is 17.7 Å². The molecule has 2 aliphatic rings. The summed E-state index contributed by atoms with van der Waals surface area (Å²) in [6.45, 7) is 1.92. The molecule has 2 N–H and O–H groups in total. The Kier molecular flexibility index (Phi) is 5.36. The molecule has 1 aliphatic carbocycles. The first-order valence-corrected chi connectivity index (χ1v) is 10.4. The topological polar surface area (TPSA) is 75.3 Å². The van der Waals surface area contributed by atoms with E-state index in [-0.39, 0.29) is 35.4 Å². The average Bonchev–Trinajstić information content (AvgIpc) is 3.50. The van der Waals surface area contributed by atoms with Crippen molar-refractivity contribution in [2.45, 2.75) is 43.9 Å². The smallest absolute Gasteiger partial charge is 0.237 e. The van der Waals surface area contributed by atoms with Crippen LogP contribution in [-0.4, -0.2) is 17.7 Å². The van der Waals surface area contributed by atoms with Crippen molar-refractivity contribution in [1.29, 1.82) is 0 Å². The van der Waals surface area contributed by atoms with Crippen molar-refractivity contribution >= 4 is 35.0 Å². The van der Waals surface area contributed by atoms with Gasteiger partial charge in [-0.2, -0.15) is 0 Å². The zero-order valence-electron chi connectivity index (χ0n) is 16.5. The molecule has 5 nitrogen and oxygen atoms in total. The molecule has 156 valence electrons. The molecule has 0 spiro atoms. The van der Waals surface area contributed by atoms with Gasteiger partial charge < -0.3 is 5.32 Å². The Morgan fingerprint density at radius 3 is 2.60 bits per heavy atom. The number of nitrogens with one attached hydrogen (secondary N) is 2. The van der Waals surface area contributed by atoms with Gasteiger partial charge in [0, 0.05) is 34.5 Å². The quantitative estimate of drug-likeness (QED) is 0.697. The van der Waals surface area contributed by atoms with Crippen LogP contribution in [0.25, 0.3) is 0 Å². The first-order valence-electron chi connectivity index (χ1n) is 10.1. The summed E-state index contributed by atoms with van der Waals surface area (Å²) < 4.78 is 14.1. The van der Waals surface area contributed by atoms with Crippen molar-refractivity contribution in [3.05, 3.63) is 64.4 Å². The summed E-state index contributed by atoms with van der Waals surface area (Å²) in [7, 11) is 0. The first-order chi connectivity index (χ1) is 14.4. The molecule has 7 heteroatoms. The summed E-state index contributed by atoms with van der Waals surface area (Å²) >= 11 is 6.11. The summed E-state index contributed by atoms with van der Waals surface area (Å²) in [5.41, 5.74) is 1.08. The van der Waals surface area contributed by atoms with Gasteiger partial charge in [-0.3, -0.25) is 19.7 Å². The molecule has 1 heterocycles. The lowest BCUT2D eigenvalue weighted by atomic mass is 9.72. The molecule has 2 aromatic rings. The number of piperidine rings is 1. The fraction of sp³-hybridized carbons (Fsp3) is 0.348. The van der Waals surface area contributed by atoms with Crippen LogP contribution >= 0.6 is 11.6 Å². The number of hydrogen-bond donors (Lipinski definition) is 2. The molecule has 1 saturated carbocycles. The molecule has 0 radical (unpaired) electrons. The third-order valence-corrected chi connectivity index (χ3v) is 6.60. The SMILES string of the molecule is CCC1(c2ccc(NC(=O)C3CC3c3c(F)cccc3Cl)cc2)CCC(=O)NC1=O. The highest BCUT2D eigenvalue weighted by Crippen LogP contribution is 2.51. The highest BCUT2D eigenvalue weighted by molar-refractivity contribution is 6.31. The van der Waals surface area contributed by atoms with Crippen molar-refractivity contribution in [3.8, 4) is 0 Å². The predicted octanol–water partition coefficient (Wildman–Crippen LogP) is 4.31. The summed E-state index contributed by atoms with van der Waals surface area (Å²) in [6.07, 6.45) is 1.90. The van der Waals surface area contributed by atoms with Crippen LogP contribution in [0, 0.1) is 11.7 Å². The summed E-state index contributed by atoms with van der Waals surface area (Å²) in [5, 5.41) is 5.63. The highest BCUT2D eigenvalue weighted by atomic mass is 35.5. The van der Waals surface area contributed by atoms with E-state index < -0.39 is 5.41 Å². The Morgan fingerprint density at radius 1 is 1.23 bits per heavy atom. The number of imide groups is 1. The molecule has 0 bridgehead atoms. The van der Waals surface area contributed by atoms with Crippen LogP contribution < -0.4 is 10.6 Å². The van der Waals surface area contributed by atoms with E-state index in [4.69, 9.17) is 11.6 Å². The Hall–Kier alpha value is -2.73. The van der Waals surface area contributed by atoms with E-state index in [0.29, 0.717) is 42.0 Å². The van der Waals surface area contributed by atoms with Gasteiger partial charge in [0.15, 0.2) is 0 Å². The molecule has 2 fully saturated rings. The largest absolute Gasteiger partial charge is 0.326 e. The molecule has 3 unspecified atom stereocenters. The van der Waals surface area contributed by atoms with E-state index in [9.17, 15) is 18.8 Å². The van der Waals surface area contributed by atoms with Gasteiger partial charge in [0.05, 0.1) is 5.41 Å². The summed E-state index contributed by atoms with van der Waals surface area (Å²) in [4.78, 5) is 36.6. The van der Waals surface area contributed by atoms with Crippen molar-refractivity contribution in [2.24, 2.45) is 5.92 Å². The van der Waals surface area contributed by atoms with Crippen molar-refractivity contribution in [3.63, 3.8) is 0 Å². The number of rotatable bonds is 5. The van der Waals surface area contributed by atoms with Crippen molar-refractivity contribution < 1.29 is 18.8 Å². The molecule has 2 aromatic carbocycles. The molecule has 30 heavy (non-hydrogen) atoms. The second-order valence-electron chi connectivity index (χ2n) is 7.96.